The predicted octanol–water partition coefficient (Wildman–Crippen LogP) is 4.20. The lowest BCUT2D eigenvalue weighted by atomic mass is 10.3. The van der Waals surface area contributed by atoms with Crippen LogP contribution in [0.1, 0.15) is 24.3 Å². The van der Waals surface area contributed by atoms with E-state index in [0.717, 1.165) is 29.1 Å². The Labute approximate surface area is 151 Å². The normalized spacial score (nSPS) is 10.7. The lowest BCUT2D eigenvalue weighted by Gasteiger charge is -2.06. The maximum absolute atomic E-state index is 11.9. The second kappa shape index (κ2) is 9.18. The zero-order valence-corrected chi connectivity index (χ0v) is 14.9. The molecule has 0 bridgehead atoms. The van der Waals surface area contributed by atoms with Gasteiger partial charge in [0.15, 0.2) is 0 Å². The molecule has 0 fully saturated rings. The van der Waals surface area contributed by atoms with Gasteiger partial charge in [-0.3, -0.25) is 4.79 Å². The predicted molar refractivity (Wildman–Crippen MR) is 102 cm³/mol. The summed E-state index contributed by atoms with van der Waals surface area (Å²) in [5.74, 6) is 0.977. The van der Waals surface area contributed by atoms with Gasteiger partial charge in [-0.15, -0.1) is 11.3 Å². The lowest BCUT2D eigenvalue weighted by Crippen LogP contribution is -2.24. The zero-order chi connectivity index (χ0) is 17.3. The highest BCUT2D eigenvalue weighted by molar-refractivity contribution is 7.18. The third kappa shape index (κ3) is 5.57. The first-order valence-corrected chi connectivity index (χ1v) is 9.42. The van der Waals surface area contributed by atoms with Crippen LogP contribution in [0.5, 0.6) is 5.75 Å². The average Bonchev–Trinajstić information content (AvgIpc) is 3.07. The van der Waals surface area contributed by atoms with Crippen molar-refractivity contribution < 1.29 is 9.53 Å². The van der Waals surface area contributed by atoms with Gasteiger partial charge in [0.1, 0.15) is 5.75 Å². The Morgan fingerprint density at radius 1 is 1.04 bits per heavy atom. The summed E-state index contributed by atoms with van der Waals surface area (Å²) >= 11 is 1.66. The molecule has 3 aromatic rings. The Bertz CT molecular complexity index is 769. The summed E-state index contributed by atoms with van der Waals surface area (Å²) < 4.78 is 6.80. The minimum atomic E-state index is 0.0863. The van der Waals surface area contributed by atoms with E-state index >= 15 is 0 Å². The Morgan fingerprint density at radius 2 is 1.84 bits per heavy atom. The molecule has 25 heavy (non-hydrogen) atoms. The van der Waals surface area contributed by atoms with Gasteiger partial charge in [-0.1, -0.05) is 30.3 Å². The number of aryl methyl sites for hydroxylation is 1. The van der Waals surface area contributed by atoms with Crippen molar-refractivity contribution in [3.05, 3.63) is 59.6 Å². The Hall–Kier alpha value is -2.40. The minimum absolute atomic E-state index is 0.0863. The maximum Gasteiger partial charge on any atom is 0.220 e. The fraction of sp³-hybridized carbons (Fsp3) is 0.300. The van der Waals surface area contributed by atoms with Crippen LogP contribution in [0.25, 0.3) is 10.2 Å². The maximum atomic E-state index is 11.9. The van der Waals surface area contributed by atoms with E-state index in [1.807, 2.05) is 48.5 Å². The van der Waals surface area contributed by atoms with Crippen molar-refractivity contribution in [2.24, 2.45) is 0 Å². The highest BCUT2D eigenvalue weighted by Gasteiger charge is 2.06. The van der Waals surface area contributed by atoms with E-state index in [-0.39, 0.29) is 5.91 Å². The van der Waals surface area contributed by atoms with Crippen molar-refractivity contribution in [3.8, 4) is 5.75 Å². The van der Waals surface area contributed by atoms with Crippen LogP contribution >= 0.6 is 11.3 Å². The number of ether oxygens (including phenoxy) is 1. The Balaban J connectivity index is 1.28. The molecular weight excluding hydrogens is 332 g/mol. The first-order valence-electron chi connectivity index (χ1n) is 8.60. The number of aromatic nitrogens is 1. The molecule has 2 aromatic carbocycles. The van der Waals surface area contributed by atoms with E-state index in [9.17, 15) is 4.79 Å². The highest BCUT2D eigenvalue weighted by atomic mass is 32.1. The summed E-state index contributed by atoms with van der Waals surface area (Å²) in [5.41, 5.74) is 1.02. The quantitative estimate of drug-likeness (QED) is 0.586. The fourth-order valence-electron chi connectivity index (χ4n) is 2.50. The molecule has 0 saturated carbocycles. The molecule has 0 saturated heterocycles. The van der Waals surface area contributed by atoms with Crippen LogP contribution in [0.4, 0.5) is 0 Å². The van der Waals surface area contributed by atoms with Crippen molar-refractivity contribution >= 4 is 27.5 Å². The summed E-state index contributed by atoms with van der Waals surface area (Å²) in [6.07, 6.45) is 3.02. The highest BCUT2D eigenvalue weighted by Crippen LogP contribution is 2.22. The number of thiazole rings is 1. The van der Waals surface area contributed by atoms with Crippen molar-refractivity contribution in [2.45, 2.75) is 25.7 Å². The summed E-state index contributed by atoms with van der Waals surface area (Å²) in [7, 11) is 0. The molecule has 130 valence electrons. The summed E-state index contributed by atoms with van der Waals surface area (Å²) in [6, 6.07) is 17.9. The van der Waals surface area contributed by atoms with Crippen LogP contribution in [0.3, 0.4) is 0 Å². The summed E-state index contributed by atoms with van der Waals surface area (Å²) in [4.78, 5) is 16.5. The van der Waals surface area contributed by atoms with Gasteiger partial charge >= 0.3 is 0 Å². The van der Waals surface area contributed by atoms with Gasteiger partial charge in [0.05, 0.1) is 21.8 Å². The second-order valence-electron chi connectivity index (χ2n) is 5.79. The average molecular weight is 354 g/mol. The molecule has 5 heteroatoms. The van der Waals surface area contributed by atoms with Gasteiger partial charge in [-0.25, -0.2) is 4.98 Å². The van der Waals surface area contributed by atoms with Gasteiger partial charge in [-0.05, 0) is 37.1 Å². The van der Waals surface area contributed by atoms with E-state index in [2.05, 4.69) is 16.4 Å². The number of hydrogen-bond donors (Lipinski definition) is 1. The third-order valence-corrected chi connectivity index (χ3v) is 4.91. The van der Waals surface area contributed by atoms with E-state index < -0.39 is 0 Å². The first kappa shape index (κ1) is 17.4. The number of rotatable bonds is 9. The molecule has 4 nitrogen and oxygen atoms in total. The Kier molecular flexibility index (Phi) is 6.40. The first-order chi connectivity index (χ1) is 12.3. The number of para-hydroxylation sites is 2. The van der Waals surface area contributed by atoms with E-state index in [0.29, 0.717) is 26.0 Å². The van der Waals surface area contributed by atoms with E-state index in [4.69, 9.17) is 4.74 Å². The molecule has 1 N–H and O–H groups in total. The molecule has 0 aliphatic heterocycles. The molecule has 0 unspecified atom stereocenters. The molecule has 1 aromatic heterocycles. The standard InChI is InChI=1S/C20H22N2O2S/c23-19(12-13-20-22-17-10-4-5-11-18(17)25-20)21-14-6-7-15-24-16-8-2-1-3-9-16/h1-5,8-11H,6-7,12-15H2,(H,21,23). The summed E-state index contributed by atoms with van der Waals surface area (Å²) in [5, 5.41) is 3.99. The number of amides is 1. The van der Waals surface area contributed by atoms with Crippen molar-refractivity contribution in [2.75, 3.05) is 13.2 Å². The van der Waals surface area contributed by atoms with Crippen LogP contribution < -0.4 is 10.1 Å². The number of carbonyl (C=O) groups excluding carboxylic acids is 1. The third-order valence-electron chi connectivity index (χ3n) is 3.81. The van der Waals surface area contributed by atoms with Crippen molar-refractivity contribution in [3.63, 3.8) is 0 Å². The topological polar surface area (TPSA) is 51.2 Å². The molecule has 0 radical (unpaired) electrons. The van der Waals surface area contributed by atoms with Gasteiger partial charge in [0.25, 0.3) is 0 Å². The second-order valence-corrected chi connectivity index (χ2v) is 6.91. The Morgan fingerprint density at radius 3 is 2.68 bits per heavy atom. The number of hydrogen-bond acceptors (Lipinski definition) is 4. The van der Waals surface area contributed by atoms with Crippen molar-refractivity contribution in [1.29, 1.82) is 0 Å². The number of unbranched alkanes of at least 4 members (excludes halogenated alkanes) is 1. The molecule has 0 atom stereocenters. The van der Waals surface area contributed by atoms with E-state index in [1.165, 1.54) is 4.70 Å². The van der Waals surface area contributed by atoms with Crippen LogP contribution in [-0.4, -0.2) is 24.0 Å². The number of nitrogens with one attached hydrogen (secondary N) is 1. The zero-order valence-electron chi connectivity index (χ0n) is 14.1. The van der Waals surface area contributed by atoms with Crippen LogP contribution in [-0.2, 0) is 11.2 Å². The molecule has 0 aliphatic rings. The van der Waals surface area contributed by atoms with Gasteiger partial charge in [0.2, 0.25) is 5.91 Å². The number of fused-ring (bicyclic) bond motifs is 1. The van der Waals surface area contributed by atoms with Crippen LogP contribution in [0.15, 0.2) is 54.6 Å². The lowest BCUT2D eigenvalue weighted by molar-refractivity contribution is -0.121. The van der Waals surface area contributed by atoms with Gasteiger partial charge < -0.3 is 10.1 Å². The number of nitrogens with zero attached hydrogens (tertiary/aromatic N) is 1. The molecule has 1 heterocycles. The number of benzene rings is 2. The molecule has 1 amide bonds. The molecule has 0 aliphatic carbocycles. The van der Waals surface area contributed by atoms with Gasteiger partial charge in [-0.2, -0.15) is 0 Å². The van der Waals surface area contributed by atoms with Crippen LogP contribution in [0, 0.1) is 0 Å². The summed E-state index contributed by atoms with van der Waals surface area (Å²) in [6.45, 7) is 1.36. The van der Waals surface area contributed by atoms with E-state index in [1.54, 1.807) is 11.3 Å². The molecule has 0 spiro atoms. The molecular formula is C20H22N2O2S. The monoisotopic (exact) mass is 354 g/mol. The molecule has 3 rings (SSSR count). The SMILES string of the molecule is O=C(CCc1nc2ccccc2s1)NCCCCOc1ccccc1. The smallest absolute Gasteiger partial charge is 0.220 e. The largest absolute Gasteiger partial charge is 0.494 e. The number of carbonyl (C=O) groups is 1. The van der Waals surface area contributed by atoms with Gasteiger partial charge in [0, 0.05) is 19.4 Å². The van der Waals surface area contributed by atoms with Crippen LogP contribution in [0.2, 0.25) is 0 Å². The van der Waals surface area contributed by atoms with Crippen molar-refractivity contribution in [1.82, 2.24) is 10.3 Å². The minimum Gasteiger partial charge on any atom is -0.494 e. The fourth-order valence-corrected chi connectivity index (χ4v) is 3.46.